The second-order valence-electron chi connectivity index (χ2n) is 4.36. The van der Waals surface area contributed by atoms with Gasteiger partial charge in [0.1, 0.15) is 5.69 Å². The number of carbonyl (C=O) groups is 1. The molecule has 0 aliphatic heterocycles. The molecule has 1 aliphatic carbocycles. The van der Waals surface area contributed by atoms with Crippen LogP contribution >= 0.6 is 0 Å². The van der Waals surface area contributed by atoms with Gasteiger partial charge < -0.3 is 11.1 Å². The van der Waals surface area contributed by atoms with Crippen LogP contribution in [0.15, 0.2) is 18.3 Å². The summed E-state index contributed by atoms with van der Waals surface area (Å²) in [5.41, 5.74) is 6.55. The van der Waals surface area contributed by atoms with E-state index in [9.17, 15) is 4.79 Å². The quantitative estimate of drug-likeness (QED) is 0.804. The van der Waals surface area contributed by atoms with E-state index >= 15 is 0 Å². The normalized spacial score (nSPS) is 17.8. The lowest BCUT2D eigenvalue weighted by atomic mass is 9.92. The Kier molecular flexibility index (Phi) is 3.19. The van der Waals surface area contributed by atoms with Crippen LogP contribution in [-0.4, -0.2) is 16.9 Å². The van der Waals surface area contributed by atoms with Gasteiger partial charge >= 0.3 is 0 Å². The molecule has 0 radical (unpaired) electrons. The van der Waals surface area contributed by atoms with Crippen LogP contribution < -0.4 is 11.1 Å². The van der Waals surface area contributed by atoms with E-state index < -0.39 is 5.91 Å². The Balaban J connectivity index is 1.99. The highest BCUT2D eigenvalue weighted by Crippen LogP contribution is 2.22. The minimum absolute atomic E-state index is 0.278. The number of primary amides is 1. The van der Waals surface area contributed by atoms with Gasteiger partial charge in [-0.2, -0.15) is 0 Å². The maximum atomic E-state index is 10.9. The van der Waals surface area contributed by atoms with Crippen LogP contribution in [0.3, 0.4) is 0 Å². The molecule has 2 rings (SSSR count). The Morgan fingerprint density at radius 1 is 1.56 bits per heavy atom. The summed E-state index contributed by atoms with van der Waals surface area (Å²) in [6.45, 7) is 2.11. The average molecular weight is 219 g/mol. The molecule has 0 bridgehead atoms. The van der Waals surface area contributed by atoms with Crippen molar-refractivity contribution in [2.24, 2.45) is 5.73 Å². The Hall–Kier alpha value is -1.42. The second-order valence-corrected chi connectivity index (χ2v) is 4.36. The molecule has 1 unspecified atom stereocenters. The smallest absolute Gasteiger partial charge is 0.267 e. The van der Waals surface area contributed by atoms with Crippen LogP contribution in [0.2, 0.25) is 0 Å². The molecule has 3 N–H and O–H groups in total. The molecule has 1 saturated carbocycles. The summed E-state index contributed by atoms with van der Waals surface area (Å²) in [7, 11) is 0. The van der Waals surface area contributed by atoms with Crippen LogP contribution in [0.5, 0.6) is 0 Å². The molecule has 86 valence electrons. The summed E-state index contributed by atoms with van der Waals surface area (Å²) in [5.74, 6) is -0.480. The first-order valence-electron chi connectivity index (χ1n) is 5.68. The van der Waals surface area contributed by atoms with E-state index in [1.54, 1.807) is 12.3 Å². The summed E-state index contributed by atoms with van der Waals surface area (Å²) in [6, 6.07) is 4.51. The van der Waals surface area contributed by atoms with Gasteiger partial charge in [-0.05, 0) is 31.4 Å². The zero-order chi connectivity index (χ0) is 11.5. The molecule has 4 heteroatoms. The van der Waals surface area contributed by atoms with Gasteiger partial charge in [0, 0.05) is 18.3 Å². The number of nitrogens with zero attached hydrogens (tertiary/aromatic N) is 1. The molecule has 0 saturated heterocycles. The van der Waals surface area contributed by atoms with Crippen LogP contribution in [0.1, 0.15) is 48.3 Å². The third-order valence-corrected chi connectivity index (χ3v) is 3.13. The standard InChI is InChI=1S/C12H17N3O/c1-8(15-10-3-2-4-10)9-5-6-11(12(13)16)14-7-9/h5-8,10,15H,2-4H2,1H3,(H2,13,16). The van der Waals surface area contributed by atoms with Crippen LogP contribution in [0.25, 0.3) is 0 Å². The molecular weight excluding hydrogens is 202 g/mol. The summed E-state index contributed by atoms with van der Waals surface area (Å²) in [6.07, 6.45) is 5.56. The van der Waals surface area contributed by atoms with E-state index in [0.717, 1.165) is 5.56 Å². The van der Waals surface area contributed by atoms with Crippen molar-refractivity contribution in [2.45, 2.75) is 38.3 Å². The van der Waals surface area contributed by atoms with Gasteiger partial charge in [0.25, 0.3) is 5.91 Å². The molecule has 1 fully saturated rings. The van der Waals surface area contributed by atoms with E-state index in [1.165, 1.54) is 19.3 Å². The SMILES string of the molecule is CC(NC1CCC1)c1ccc(C(N)=O)nc1. The lowest BCUT2D eigenvalue weighted by Crippen LogP contribution is -2.36. The molecule has 1 aliphatic rings. The lowest BCUT2D eigenvalue weighted by molar-refractivity contribution is 0.0995. The molecule has 1 heterocycles. The fraction of sp³-hybridized carbons (Fsp3) is 0.500. The van der Waals surface area contributed by atoms with E-state index in [0.29, 0.717) is 11.7 Å². The predicted molar refractivity (Wildman–Crippen MR) is 61.9 cm³/mol. The van der Waals surface area contributed by atoms with E-state index in [1.807, 2.05) is 6.07 Å². The Morgan fingerprint density at radius 2 is 2.31 bits per heavy atom. The van der Waals surface area contributed by atoms with Gasteiger partial charge in [0.2, 0.25) is 0 Å². The highest BCUT2D eigenvalue weighted by Gasteiger charge is 2.19. The van der Waals surface area contributed by atoms with Gasteiger partial charge in [-0.1, -0.05) is 12.5 Å². The van der Waals surface area contributed by atoms with Crippen molar-refractivity contribution in [1.29, 1.82) is 0 Å². The van der Waals surface area contributed by atoms with Gasteiger partial charge in [-0.3, -0.25) is 9.78 Å². The van der Waals surface area contributed by atoms with Gasteiger partial charge in [0.05, 0.1) is 0 Å². The molecule has 1 atom stereocenters. The second kappa shape index (κ2) is 4.61. The summed E-state index contributed by atoms with van der Waals surface area (Å²) < 4.78 is 0. The number of nitrogens with one attached hydrogen (secondary N) is 1. The number of aromatic nitrogens is 1. The van der Waals surface area contributed by atoms with Crippen LogP contribution in [0, 0.1) is 0 Å². The average Bonchev–Trinajstić information content (AvgIpc) is 2.23. The van der Waals surface area contributed by atoms with E-state index in [2.05, 4.69) is 17.2 Å². The number of pyridine rings is 1. The summed E-state index contributed by atoms with van der Waals surface area (Å²) >= 11 is 0. The first-order chi connectivity index (χ1) is 7.66. The van der Waals surface area contributed by atoms with Crippen molar-refractivity contribution in [1.82, 2.24) is 10.3 Å². The minimum Gasteiger partial charge on any atom is -0.364 e. The zero-order valence-corrected chi connectivity index (χ0v) is 9.44. The van der Waals surface area contributed by atoms with E-state index in [-0.39, 0.29) is 6.04 Å². The first-order valence-corrected chi connectivity index (χ1v) is 5.68. The van der Waals surface area contributed by atoms with Crippen molar-refractivity contribution < 1.29 is 4.79 Å². The fourth-order valence-electron chi connectivity index (χ4n) is 1.83. The Labute approximate surface area is 95.3 Å². The van der Waals surface area contributed by atoms with Gasteiger partial charge in [-0.15, -0.1) is 0 Å². The van der Waals surface area contributed by atoms with Crippen molar-refractivity contribution in [3.63, 3.8) is 0 Å². The molecule has 0 aromatic carbocycles. The largest absolute Gasteiger partial charge is 0.364 e. The van der Waals surface area contributed by atoms with Crippen molar-refractivity contribution in [3.05, 3.63) is 29.6 Å². The third-order valence-electron chi connectivity index (χ3n) is 3.13. The van der Waals surface area contributed by atoms with Crippen LogP contribution in [-0.2, 0) is 0 Å². The monoisotopic (exact) mass is 219 g/mol. The number of nitrogens with two attached hydrogens (primary N) is 1. The molecular formula is C12H17N3O. The maximum absolute atomic E-state index is 10.9. The zero-order valence-electron chi connectivity index (χ0n) is 9.44. The van der Waals surface area contributed by atoms with Gasteiger partial charge in [0.15, 0.2) is 0 Å². The molecule has 1 aromatic heterocycles. The topological polar surface area (TPSA) is 68.0 Å². The Bertz CT molecular complexity index is 370. The van der Waals surface area contributed by atoms with Crippen molar-refractivity contribution in [2.75, 3.05) is 0 Å². The maximum Gasteiger partial charge on any atom is 0.267 e. The first kappa shape index (κ1) is 11.1. The molecule has 1 aromatic rings. The highest BCUT2D eigenvalue weighted by atomic mass is 16.1. The number of amides is 1. The van der Waals surface area contributed by atoms with Gasteiger partial charge in [-0.25, -0.2) is 0 Å². The van der Waals surface area contributed by atoms with Crippen LogP contribution in [0.4, 0.5) is 0 Å². The highest BCUT2D eigenvalue weighted by molar-refractivity contribution is 5.90. The molecule has 0 spiro atoms. The number of carbonyl (C=O) groups excluding carboxylic acids is 1. The van der Waals surface area contributed by atoms with E-state index in [4.69, 9.17) is 5.73 Å². The predicted octanol–water partition coefficient (Wildman–Crippen LogP) is 1.38. The summed E-state index contributed by atoms with van der Waals surface area (Å²) in [5, 5.41) is 3.53. The lowest BCUT2D eigenvalue weighted by Gasteiger charge is -2.30. The summed E-state index contributed by atoms with van der Waals surface area (Å²) in [4.78, 5) is 14.9. The molecule has 1 amide bonds. The Morgan fingerprint density at radius 3 is 2.75 bits per heavy atom. The number of rotatable bonds is 4. The van der Waals surface area contributed by atoms with Crippen molar-refractivity contribution in [3.8, 4) is 0 Å². The number of hydrogen-bond acceptors (Lipinski definition) is 3. The van der Waals surface area contributed by atoms with Crippen molar-refractivity contribution >= 4 is 5.91 Å². The molecule has 16 heavy (non-hydrogen) atoms. The number of hydrogen-bond donors (Lipinski definition) is 2. The molecule has 4 nitrogen and oxygen atoms in total. The fourth-order valence-corrected chi connectivity index (χ4v) is 1.83. The third kappa shape index (κ3) is 2.39. The minimum atomic E-state index is -0.480.